The van der Waals surface area contributed by atoms with Gasteiger partial charge in [0.15, 0.2) is 0 Å². The summed E-state index contributed by atoms with van der Waals surface area (Å²) in [6.45, 7) is 7.51. The Morgan fingerprint density at radius 2 is 1.27 bits per heavy atom. The molecule has 26 heavy (non-hydrogen) atoms. The molecule has 2 aromatic rings. The molecule has 0 atom stereocenters. The Labute approximate surface area is 153 Å². The normalized spacial score (nSPS) is 12.2. The summed E-state index contributed by atoms with van der Waals surface area (Å²) >= 11 is 0. The molecule has 142 valence electrons. The first kappa shape index (κ1) is 20.6. The molecule has 3 nitrogen and oxygen atoms in total. The summed E-state index contributed by atoms with van der Waals surface area (Å²) in [5.41, 5.74) is 0.00837. The predicted octanol–water partition coefficient (Wildman–Crippen LogP) is 4.41. The van der Waals surface area contributed by atoms with E-state index in [1.165, 1.54) is 7.11 Å². The Morgan fingerprint density at radius 3 is 1.65 bits per heavy atom. The lowest BCUT2D eigenvalue weighted by Crippen LogP contribution is -2.58. The van der Waals surface area contributed by atoms with Crippen molar-refractivity contribution < 1.29 is 26.4 Å². The summed E-state index contributed by atoms with van der Waals surface area (Å²) in [7, 11) is -1.66. The van der Waals surface area contributed by atoms with Gasteiger partial charge in [-0.2, -0.15) is 0 Å². The van der Waals surface area contributed by atoms with Crippen molar-refractivity contribution in [2.24, 2.45) is 0 Å². The number of halogens is 3. The lowest BCUT2D eigenvalue weighted by atomic mass is 10.0. The van der Waals surface area contributed by atoms with Gasteiger partial charge >= 0.3 is 8.80 Å². The maximum atomic E-state index is 14.0. The minimum atomic E-state index is -3.18. The van der Waals surface area contributed by atoms with Crippen LogP contribution in [0.4, 0.5) is 13.2 Å². The zero-order valence-electron chi connectivity index (χ0n) is 15.5. The van der Waals surface area contributed by atoms with Crippen molar-refractivity contribution in [2.45, 2.75) is 39.9 Å². The van der Waals surface area contributed by atoms with Crippen molar-refractivity contribution >= 4 is 14.0 Å². The third-order valence-corrected chi connectivity index (χ3v) is 6.73. The first-order chi connectivity index (χ1) is 12.2. The molecule has 7 heteroatoms. The van der Waals surface area contributed by atoms with E-state index < -0.39 is 26.3 Å². The van der Waals surface area contributed by atoms with Gasteiger partial charge in [0.25, 0.3) is 0 Å². The van der Waals surface area contributed by atoms with Gasteiger partial charge in [-0.15, -0.1) is 0 Å². The molecule has 0 saturated heterocycles. The fourth-order valence-electron chi connectivity index (χ4n) is 2.66. The van der Waals surface area contributed by atoms with Gasteiger partial charge in [0.05, 0.1) is 5.56 Å². The molecule has 0 aliphatic heterocycles. The molecule has 2 rings (SSSR count). The van der Waals surface area contributed by atoms with Crippen LogP contribution in [-0.2, 0) is 13.3 Å². The van der Waals surface area contributed by atoms with Crippen LogP contribution >= 0.6 is 0 Å². The summed E-state index contributed by atoms with van der Waals surface area (Å²) in [5, 5.41) is 0.675. The molecule has 0 N–H and O–H groups in total. The minimum Gasteiger partial charge on any atom is -0.373 e. The Morgan fingerprint density at radius 1 is 0.808 bits per heavy atom. The van der Waals surface area contributed by atoms with Crippen molar-refractivity contribution in [3.05, 3.63) is 53.8 Å². The van der Waals surface area contributed by atoms with Gasteiger partial charge in [0, 0.05) is 36.6 Å². The highest BCUT2D eigenvalue weighted by atomic mass is 28.4. The number of benzene rings is 2. The van der Waals surface area contributed by atoms with E-state index in [2.05, 4.69) is 0 Å². The van der Waals surface area contributed by atoms with E-state index in [1.54, 1.807) is 24.3 Å². The van der Waals surface area contributed by atoms with E-state index in [4.69, 9.17) is 13.3 Å². The molecule has 0 saturated carbocycles. The number of hydrogen-bond acceptors (Lipinski definition) is 3. The largest absolute Gasteiger partial charge is 0.537 e. The van der Waals surface area contributed by atoms with Crippen LogP contribution in [-0.4, -0.2) is 28.1 Å². The molecule has 0 spiro atoms. The fourth-order valence-corrected chi connectivity index (χ4v) is 5.23. The summed E-state index contributed by atoms with van der Waals surface area (Å²) < 4.78 is 58.7. The van der Waals surface area contributed by atoms with E-state index in [-0.39, 0.29) is 23.3 Å². The molecule has 0 aromatic heterocycles. The molecule has 0 radical (unpaired) electrons. The number of rotatable bonds is 7. The second kappa shape index (κ2) is 8.35. The van der Waals surface area contributed by atoms with Crippen LogP contribution < -0.4 is 5.19 Å². The van der Waals surface area contributed by atoms with E-state index in [9.17, 15) is 13.2 Å². The van der Waals surface area contributed by atoms with Gasteiger partial charge < -0.3 is 13.3 Å². The van der Waals surface area contributed by atoms with E-state index >= 15 is 0 Å². The lowest BCUT2D eigenvalue weighted by molar-refractivity contribution is 0.0456. The smallest absolute Gasteiger partial charge is 0.373 e. The Balaban J connectivity index is 2.46. The topological polar surface area (TPSA) is 27.7 Å². The molecule has 2 aromatic carbocycles. The average Bonchev–Trinajstić information content (AvgIpc) is 2.53. The third-order valence-electron chi connectivity index (χ3n) is 3.58. The zero-order valence-corrected chi connectivity index (χ0v) is 16.5. The monoisotopic (exact) mass is 384 g/mol. The van der Waals surface area contributed by atoms with Crippen LogP contribution in [0.5, 0.6) is 0 Å². The molecule has 0 aliphatic rings. The van der Waals surface area contributed by atoms with E-state index in [0.29, 0.717) is 17.3 Å². The molecule has 0 amide bonds. The second-order valence-corrected chi connectivity index (χ2v) is 8.98. The van der Waals surface area contributed by atoms with Crippen LogP contribution in [0.1, 0.15) is 27.7 Å². The van der Waals surface area contributed by atoms with Crippen molar-refractivity contribution in [2.75, 3.05) is 7.11 Å². The number of hydrogen-bond donors (Lipinski definition) is 0. The predicted molar refractivity (Wildman–Crippen MR) is 96.6 cm³/mol. The van der Waals surface area contributed by atoms with Crippen molar-refractivity contribution in [3.8, 4) is 11.1 Å². The Bertz CT molecular complexity index is 715. The molecular weight excluding hydrogens is 361 g/mol. The van der Waals surface area contributed by atoms with Crippen LogP contribution in [0.15, 0.2) is 36.4 Å². The first-order valence-electron chi connectivity index (χ1n) is 8.34. The van der Waals surface area contributed by atoms with E-state index in [1.807, 2.05) is 27.7 Å². The zero-order chi connectivity index (χ0) is 19.5. The highest BCUT2D eigenvalue weighted by Gasteiger charge is 2.44. The van der Waals surface area contributed by atoms with Crippen LogP contribution in [0.25, 0.3) is 11.1 Å². The molecule has 0 bridgehead atoms. The minimum absolute atomic E-state index is 0.132. The highest BCUT2D eigenvalue weighted by molar-refractivity contribution is 6.75. The van der Waals surface area contributed by atoms with Crippen LogP contribution in [0, 0.1) is 17.5 Å². The third kappa shape index (κ3) is 4.53. The highest BCUT2D eigenvalue weighted by Crippen LogP contribution is 2.27. The maximum absolute atomic E-state index is 14.0. The van der Waals surface area contributed by atoms with Gasteiger partial charge in [-0.1, -0.05) is 24.3 Å². The molecule has 0 unspecified atom stereocenters. The fraction of sp³-hybridized carbons (Fsp3) is 0.368. The average molecular weight is 384 g/mol. The standard InChI is InChI=1S/C19H23F3O3Si/c1-12(2)24-26(23-5,25-13(3)4)16-8-6-14(7-9-16)19-17(21)10-15(20)11-18(19)22/h6-13H,1-5H3. The maximum Gasteiger partial charge on any atom is 0.537 e. The van der Waals surface area contributed by atoms with Gasteiger partial charge in [-0.05, 0) is 33.3 Å². The molecule has 0 heterocycles. The van der Waals surface area contributed by atoms with Crippen molar-refractivity contribution in [3.63, 3.8) is 0 Å². The summed E-state index contributed by atoms with van der Waals surface area (Å²) in [4.78, 5) is 0. The van der Waals surface area contributed by atoms with Gasteiger partial charge in [0.2, 0.25) is 0 Å². The SMILES string of the molecule is CO[Si](OC(C)C)(OC(C)C)c1ccc(-c2c(F)cc(F)cc2F)cc1. The summed E-state index contributed by atoms with van der Waals surface area (Å²) in [5.74, 6) is -2.87. The van der Waals surface area contributed by atoms with Crippen molar-refractivity contribution in [1.82, 2.24) is 0 Å². The first-order valence-corrected chi connectivity index (χ1v) is 10.1. The quantitative estimate of drug-likeness (QED) is 0.662. The van der Waals surface area contributed by atoms with Crippen LogP contribution in [0.2, 0.25) is 0 Å². The summed E-state index contributed by atoms with van der Waals surface area (Å²) in [6, 6.07) is 7.73. The molecular formula is C19H23F3O3Si. The Hall–Kier alpha value is -1.67. The second-order valence-electron chi connectivity index (χ2n) is 6.42. The summed E-state index contributed by atoms with van der Waals surface area (Å²) in [6.07, 6.45) is -0.265. The van der Waals surface area contributed by atoms with Gasteiger partial charge in [-0.3, -0.25) is 0 Å². The van der Waals surface area contributed by atoms with Gasteiger partial charge in [-0.25, -0.2) is 13.2 Å². The van der Waals surface area contributed by atoms with Crippen LogP contribution in [0.3, 0.4) is 0 Å². The van der Waals surface area contributed by atoms with Crippen molar-refractivity contribution in [1.29, 1.82) is 0 Å². The Kier molecular flexibility index (Phi) is 6.62. The lowest BCUT2D eigenvalue weighted by Gasteiger charge is -2.32. The molecule has 0 aliphatic carbocycles. The molecule has 0 fully saturated rings. The van der Waals surface area contributed by atoms with E-state index in [0.717, 1.165) is 0 Å². The van der Waals surface area contributed by atoms with Gasteiger partial charge in [0.1, 0.15) is 17.5 Å².